The summed E-state index contributed by atoms with van der Waals surface area (Å²) < 4.78 is 0. The molecule has 19 heavy (non-hydrogen) atoms. The molecule has 4 heteroatoms. The van der Waals surface area contributed by atoms with E-state index in [0.717, 1.165) is 24.4 Å². The van der Waals surface area contributed by atoms with Gasteiger partial charge in [0.2, 0.25) is 0 Å². The van der Waals surface area contributed by atoms with Crippen LogP contribution in [0.1, 0.15) is 12.0 Å². The average molecular weight is 254 g/mol. The second kappa shape index (κ2) is 4.72. The molecule has 1 aliphatic heterocycles. The van der Waals surface area contributed by atoms with Crippen LogP contribution < -0.4 is 5.32 Å². The van der Waals surface area contributed by atoms with Gasteiger partial charge in [-0.1, -0.05) is 30.3 Å². The van der Waals surface area contributed by atoms with E-state index >= 15 is 0 Å². The van der Waals surface area contributed by atoms with E-state index in [0.29, 0.717) is 0 Å². The molecule has 0 saturated heterocycles. The minimum atomic E-state index is -0.904. The van der Waals surface area contributed by atoms with Gasteiger partial charge in [-0.3, -0.25) is 9.79 Å². The van der Waals surface area contributed by atoms with Crippen LogP contribution in [0, 0.1) is 0 Å². The predicted octanol–water partition coefficient (Wildman–Crippen LogP) is 2.68. The summed E-state index contributed by atoms with van der Waals surface area (Å²) in [6, 6.07) is 12.4. The van der Waals surface area contributed by atoms with Crippen molar-refractivity contribution in [3.63, 3.8) is 0 Å². The van der Waals surface area contributed by atoms with Crippen LogP contribution in [0.2, 0.25) is 0 Å². The molecular weight excluding hydrogens is 240 g/mol. The molecule has 3 rings (SSSR count). The maximum atomic E-state index is 10.5. The van der Waals surface area contributed by atoms with E-state index < -0.39 is 5.97 Å². The second-order valence-electron chi connectivity index (χ2n) is 4.59. The molecule has 0 saturated carbocycles. The number of nitrogens with one attached hydrogen (secondary N) is 1. The molecule has 0 radical (unpaired) electrons. The summed E-state index contributed by atoms with van der Waals surface area (Å²) in [6.45, 7) is -0.175. The topological polar surface area (TPSA) is 61.7 Å². The molecule has 2 N–H and O–H groups in total. The zero-order chi connectivity index (χ0) is 13.2. The number of fused-ring (bicyclic) bond motifs is 3. The molecule has 4 nitrogen and oxygen atoms in total. The van der Waals surface area contributed by atoms with Crippen molar-refractivity contribution < 1.29 is 9.90 Å². The highest BCUT2D eigenvalue weighted by molar-refractivity contribution is 6.03. The summed E-state index contributed by atoms with van der Waals surface area (Å²) in [5, 5.41) is 14.4. The van der Waals surface area contributed by atoms with Gasteiger partial charge in [-0.25, -0.2) is 0 Å². The number of aliphatic imine (C=N–C) groups is 1. The summed E-state index contributed by atoms with van der Waals surface area (Å²) in [6.07, 6.45) is 1.65. The molecule has 0 amide bonds. The van der Waals surface area contributed by atoms with Crippen molar-refractivity contribution in [3.05, 3.63) is 42.0 Å². The van der Waals surface area contributed by atoms with Crippen LogP contribution in [0.5, 0.6) is 0 Å². The average Bonchev–Trinajstić information content (AvgIpc) is 2.44. The fourth-order valence-corrected chi connectivity index (χ4v) is 2.47. The van der Waals surface area contributed by atoms with Gasteiger partial charge in [0.25, 0.3) is 0 Å². The number of carbonyl (C=O) groups is 1. The highest BCUT2D eigenvalue weighted by Gasteiger charge is 2.15. The van der Waals surface area contributed by atoms with E-state index in [1.807, 2.05) is 18.2 Å². The molecule has 2 aromatic rings. The Bertz CT molecular complexity index is 677. The van der Waals surface area contributed by atoms with Gasteiger partial charge in [-0.05, 0) is 28.8 Å². The fraction of sp³-hybridized carbons (Fsp3) is 0.200. The Kier molecular flexibility index (Phi) is 2.91. The summed E-state index contributed by atoms with van der Waals surface area (Å²) in [5.41, 5.74) is 2.32. The Morgan fingerprint density at radius 3 is 2.89 bits per heavy atom. The molecule has 0 aromatic heterocycles. The molecule has 1 aliphatic rings. The van der Waals surface area contributed by atoms with Gasteiger partial charge in [0, 0.05) is 12.1 Å². The lowest BCUT2D eigenvalue weighted by atomic mass is 9.96. The monoisotopic (exact) mass is 254 g/mol. The maximum absolute atomic E-state index is 10.5. The van der Waals surface area contributed by atoms with Crippen LogP contribution in [-0.4, -0.2) is 23.5 Å². The molecule has 0 fully saturated rings. The summed E-state index contributed by atoms with van der Waals surface area (Å²) >= 11 is 0. The van der Waals surface area contributed by atoms with Crippen LogP contribution in [0.4, 0.5) is 5.69 Å². The summed E-state index contributed by atoms with van der Waals surface area (Å²) in [7, 11) is 0. The van der Waals surface area contributed by atoms with Gasteiger partial charge in [-0.15, -0.1) is 0 Å². The maximum Gasteiger partial charge on any atom is 0.325 e. The van der Waals surface area contributed by atoms with Crippen LogP contribution in [0.3, 0.4) is 0 Å². The smallest absolute Gasteiger partial charge is 0.325 e. The van der Waals surface area contributed by atoms with E-state index in [1.54, 1.807) is 0 Å². The molecule has 0 bridgehead atoms. The summed E-state index contributed by atoms with van der Waals surface area (Å²) in [4.78, 5) is 14.6. The lowest BCUT2D eigenvalue weighted by Crippen LogP contribution is -2.21. The van der Waals surface area contributed by atoms with Gasteiger partial charge < -0.3 is 10.4 Å². The number of aliphatic carboxylic acids is 1. The van der Waals surface area contributed by atoms with Crippen LogP contribution >= 0.6 is 0 Å². The molecule has 0 unspecified atom stereocenters. The minimum absolute atomic E-state index is 0.175. The Hall–Kier alpha value is -2.36. The standard InChI is InChI=1S/C15H14N2O2/c18-15(19)9-16-14-8-6-12-11-4-2-1-3-10(11)5-7-13(12)17-14/h1-5,7H,6,8-9H2,(H,16,17)(H,18,19). The number of amidine groups is 1. The number of anilines is 1. The van der Waals surface area contributed by atoms with Crippen molar-refractivity contribution in [1.82, 2.24) is 0 Å². The van der Waals surface area contributed by atoms with Crippen molar-refractivity contribution in [2.75, 3.05) is 11.9 Å². The third-order valence-electron chi connectivity index (χ3n) is 3.34. The molecular formula is C15H14N2O2. The first-order valence-electron chi connectivity index (χ1n) is 6.27. The first kappa shape index (κ1) is 11.7. The van der Waals surface area contributed by atoms with Gasteiger partial charge in [0.1, 0.15) is 12.4 Å². The fourth-order valence-electron chi connectivity index (χ4n) is 2.47. The third kappa shape index (κ3) is 2.29. The third-order valence-corrected chi connectivity index (χ3v) is 3.34. The highest BCUT2D eigenvalue weighted by atomic mass is 16.4. The van der Waals surface area contributed by atoms with Crippen molar-refractivity contribution in [2.24, 2.45) is 4.99 Å². The normalized spacial score (nSPS) is 16.1. The Balaban J connectivity index is 1.96. The molecule has 1 heterocycles. The van der Waals surface area contributed by atoms with Crippen LogP contribution in [0.25, 0.3) is 10.8 Å². The van der Waals surface area contributed by atoms with Gasteiger partial charge in [0.15, 0.2) is 0 Å². The molecule has 0 aliphatic carbocycles. The SMILES string of the molecule is O=C(O)CN=C1CCc2c(ccc3ccccc23)N1. The minimum Gasteiger partial charge on any atom is -0.480 e. The van der Waals surface area contributed by atoms with E-state index in [1.165, 1.54) is 16.3 Å². The van der Waals surface area contributed by atoms with Gasteiger partial charge in [-0.2, -0.15) is 0 Å². The zero-order valence-corrected chi connectivity index (χ0v) is 10.4. The quantitative estimate of drug-likeness (QED) is 0.866. The van der Waals surface area contributed by atoms with Gasteiger partial charge in [0.05, 0.1) is 0 Å². The Labute approximate surface area is 110 Å². The van der Waals surface area contributed by atoms with Crippen LogP contribution in [0.15, 0.2) is 41.4 Å². The molecule has 96 valence electrons. The number of benzene rings is 2. The van der Waals surface area contributed by atoms with Gasteiger partial charge >= 0.3 is 5.97 Å². The number of hydrogen-bond donors (Lipinski definition) is 2. The number of carboxylic acid groups (broad SMARTS) is 1. The number of carboxylic acids is 1. The van der Waals surface area contributed by atoms with Crippen molar-refractivity contribution in [1.29, 1.82) is 0 Å². The predicted molar refractivity (Wildman–Crippen MR) is 75.8 cm³/mol. The van der Waals surface area contributed by atoms with E-state index in [4.69, 9.17) is 5.11 Å². The van der Waals surface area contributed by atoms with Crippen molar-refractivity contribution in [2.45, 2.75) is 12.8 Å². The zero-order valence-electron chi connectivity index (χ0n) is 10.4. The molecule has 0 atom stereocenters. The number of rotatable bonds is 2. The first-order valence-corrected chi connectivity index (χ1v) is 6.27. The van der Waals surface area contributed by atoms with E-state index in [-0.39, 0.29) is 6.54 Å². The first-order chi connectivity index (χ1) is 9.24. The molecule has 2 aromatic carbocycles. The van der Waals surface area contributed by atoms with E-state index in [9.17, 15) is 4.79 Å². The van der Waals surface area contributed by atoms with Crippen molar-refractivity contribution in [3.8, 4) is 0 Å². The second-order valence-corrected chi connectivity index (χ2v) is 4.59. The Morgan fingerprint density at radius 2 is 2.05 bits per heavy atom. The lowest BCUT2D eigenvalue weighted by Gasteiger charge is -2.21. The summed E-state index contributed by atoms with van der Waals surface area (Å²) in [5.74, 6) is -0.149. The highest BCUT2D eigenvalue weighted by Crippen LogP contribution is 2.30. The Morgan fingerprint density at radius 1 is 1.21 bits per heavy atom. The molecule has 0 spiro atoms. The number of aryl methyl sites for hydroxylation is 1. The van der Waals surface area contributed by atoms with E-state index in [2.05, 4.69) is 28.5 Å². The number of nitrogens with zero attached hydrogens (tertiary/aromatic N) is 1. The largest absolute Gasteiger partial charge is 0.480 e. The number of hydrogen-bond acceptors (Lipinski definition) is 2. The van der Waals surface area contributed by atoms with Crippen molar-refractivity contribution >= 4 is 28.3 Å². The van der Waals surface area contributed by atoms with Crippen LogP contribution in [-0.2, 0) is 11.2 Å². The lowest BCUT2D eigenvalue weighted by molar-refractivity contribution is -0.135.